The Kier molecular flexibility index (Phi) is 7.86. The third-order valence-corrected chi connectivity index (χ3v) is 4.68. The van der Waals surface area contributed by atoms with E-state index in [1.165, 1.54) is 12.1 Å². The lowest BCUT2D eigenvalue weighted by atomic mass is 10.3. The Morgan fingerprint density at radius 3 is 1.93 bits per heavy atom. The SMILES string of the molecule is C[C@H](CNC(=O)Nc1ccc(Cl)c(Cl)c1)OC(=O)Nc1ccc(Cl)c(Cl)c1. The predicted octanol–water partition coefficient (Wildman–Crippen LogP) is 6.06. The number of hydrogen-bond acceptors (Lipinski definition) is 3. The van der Waals surface area contributed by atoms with E-state index < -0.39 is 18.2 Å². The van der Waals surface area contributed by atoms with Crippen LogP contribution in [0.2, 0.25) is 20.1 Å². The Balaban J connectivity index is 1.76. The molecular formula is C17H15Cl4N3O3. The van der Waals surface area contributed by atoms with Gasteiger partial charge in [-0.15, -0.1) is 0 Å². The van der Waals surface area contributed by atoms with Gasteiger partial charge in [0.1, 0.15) is 6.10 Å². The molecule has 0 bridgehead atoms. The van der Waals surface area contributed by atoms with E-state index in [2.05, 4.69) is 16.0 Å². The Morgan fingerprint density at radius 1 is 0.889 bits per heavy atom. The number of carbonyl (C=O) groups excluding carboxylic acids is 2. The Hall–Kier alpha value is -1.86. The van der Waals surface area contributed by atoms with Gasteiger partial charge in [0.25, 0.3) is 0 Å². The van der Waals surface area contributed by atoms with Crippen molar-refractivity contribution in [3.63, 3.8) is 0 Å². The summed E-state index contributed by atoms with van der Waals surface area (Å²) in [6, 6.07) is 8.86. The quantitative estimate of drug-likeness (QED) is 0.517. The molecule has 2 aromatic rings. The highest BCUT2D eigenvalue weighted by Gasteiger charge is 2.12. The Labute approximate surface area is 176 Å². The summed E-state index contributed by atoms with van der Waals surface area (Å²) in [4.78, 5) is 23.7. The second-order valence-electron chi connectivity index (χ2n) is 5.43. The molecule has 0 radical (unpaired) electrons. The summed E-state index contributed by atoms with van der Waals surface area (Å²) < 4.78 is 5.15. The molecule has 0 aromatic heterocycles. The van der Waals surface area contributed by atoms with Gasteiger partial charge in [-0.25, -0.2) is 9.59 Å². The molecule has 0 aliphatic heterocycles. The van der Waals surface area contributed by atoms with Crippen molar-refractivity contribution in [2.45, 2.75) is 13.0 Å². The number of ether oxygens (including phenoxy) is 1. The predicted molar refractivity (Wildman–Crippen MR) is 110 cm³/mol. The average molecular weight is 451 g/mol. The number of carbonyl (C=O) groups is 2. The van der Waals surface area contributed by atoms with Crippen molar-refractivity contribution in [1.82, 2.24) is 5.32 Å². The topological polar surface area (TPSA) is 79.5 Å². The lowest BCUT2D eigenvalue weighted by Crippen LogP contribution is -2.36. The van der Waals surface area contributed by atoms with E-state index in [0.29, 0.717) is 31.5 Å². The van der Waals surface area contributed by atoms with Crippen molar-refractivity contribution in [3.05, 3.63) is 56.5 Å². The molecule has 0 aliphatic carbocycles. The summed E-state index contributed by atoms with van der Waals surface area (Å²) in [6.45, 7) is 1.73. The first-order valence-electron chi connectivity index (χ1n) is 7.67. The van der Waals surface area contributed by atoms with Crippen LogP contribution in [0.5, 0.6) is 0 Å². The fourth-order valence-corrected chi connectivity index (χ4v) is 2.53. The lowest BCUT2D eigenvalue weighted by Gasteiger charge is -2.15. The van der Waals surface area contributed by atoms with E-state index in [0.717, 1.165) is 0 Å². The number of nitrogens with one attached hydrogen (secondary N) is 3. The van der Waals surface area contributed by atoms with Gasteiger partial charge in [-0.3, -0.25) is 5.32 Å². The van der Waals surface area contributed by atoms with Crippen molar-refractivity contribution in [2.24, 2.45) is 0 Å². The molecule has 10 heteroatoms. The number of halogens is 4. The maximum atomic E-state index is 11.9. The number of benzene rings is 2. The van der Waals surface area contributed by atoms with Crippen LogP contribution in [0.1, 0.15) is 6.92 Å². The summed E-state index contributed by atoms with van der Waals surface area (Å²) in [5.41, 5.74) is 0.916. The molecular weight excluding hydrogens is 436 g/mol. The molecule has 27 heavy (non-hydrogen) atoms. The second-order valence-corrected chi connectivity index (χ2v) is 7.06. The first kappa shape index (κ1) is 21.4. The third kappa shape index (κ3) is 6.99. The fraction of sp³-hybridized carbons (Fsp3) is 0.176. The normalized spacial score (nSPS) is 11.4. The number of anilines is 2. The van der Waals surface area contributed by atoms with E-state index in [1.807, 2.05) is 0 Å². The molecule has 2 aromatic carbocycles. The zero-order chi connectivity index (χ0) is 20.0. The van der Waals surface area contributed by atoms with E-state index in [-0.39, 0.29) is 6.54 Å². The molecule has 6 nitrogen and oxygen atoms in total. The molecule has 0 saturated carbocycles. The van der Waals surface area contributed by atoms with E-state index in [1.54, 1.807) is 31.2 Å². The van der Waals surface area contributed by atoms with Crippen molar-refractivity contribution >= 4 is 69.9 Å². The molecule has 2 rings (SSSR count). The molecule has 3 N–H and O–H groups in total. The summed E-state index contributed by atoms with van der Waals surface area (Å²) in [5.74, 6) is 0. The van der Waals surface area contributed by atoms with Crippen molar-refractivity contribution in [3.8, 4) is 0 Å². The van der Waals surface area contributed by atoms with Gasteiger partial charge in [-0.2, -0.15) is 0 Å². The summed E-state index contributed by atoms with van der Waals surface area (Å²) >= 11 is 23.4. The number of hydrogen-bond donors (Lipinski definition) is 3. The van der Waals surface area contributed by atoms with Gasteiger partial charge in [-0.05, 0) is 43.3 Å². The standard InChI is InChI=1S/C17H15Cl4N3O3/c1-9(27-17(26)24-11-3-5-13(19)15(21)7-11)8-22-16(25)23-10-2-4-12(18)14(20)6-10/h2-7,9H,8H2,1H3,(H,24,26)(H2,22,23,25)/t9-/m1/s1. The van der Waals surface area contributed by atoms with Crippen LogP contribution in [0.15, 0.2) is 36.4 Å². The first-order chi connectivity index (χ1) is 12.7. The van der Waals surface area contributed by atoms with Crippen LogP contribution in [-0.4, -0.2) is 24.8 Å². The van der Waals surface area contributed by atoms with Gasteiger partial charge >= 0.3 is 12.1 Å². The molecule has 0 fully saturated rings. The summed E-state index contributed by atoms with van der Waals surface area (Å²) in [7, 11) is 0. The van der Waals surface area contributed by atoms with Crippen molar-refractivity contribution < 1.29 is 14.3 Å². The Bertz CT molecular complexity index is 848. The fourth-order valence-electron chi connectivity index (χ4n) is 1.93. The minimum Gasteiger partial charge on any atom is -0.444 e. The largest absolute Gasteiger partial charge is 0.444 e. The molecule has 0 spiro atoms. The Morgan fingerprint density at radius 2 is 1.41 bits per heavy atom. The van der Waals surface area contributed by atoms with Crippen molar-refractivity contribution in [1.29, 1.82) is 0 Å². The van der Waals surface area contributed by atoms with Gasteiger partial charge < -0.3 is 15.4 Å². The highest BCUT2D eigenvalue weighted by atomic mass is 35.5. The van der Waals surface area contributed by atoms with Crippen LogP contribution in [0.3, 0.4) is 0 Å². The van der Waals surface area contributed by atoms with E-state index in [4.69, 9.17) is 51.1 Å². The van der Waals surface area contributed by atoms with Crippen LogP contribution in [0, 0.1) is 0 Å². The second kappa shape index (κ2) is 9.90. The van der Waals surface area contributed by atoms with Gasteiger partial charge in [0.15, 0.2) is 0 Å². The molecule has 0 aliphatic rings. The van der Waals surface area contributed by atoms with Crippen LogP contribution < -0.4 is 16.0 Å². The van der Waals surface area contributed by atoms with Crippen LogP contribution in [0.25, 0.3) is 0 Å². The molecule has 3 amide bonds. The summed E-state index contributed by atoms with van der Waals surface area (Å²) in [6.07, 6.45) is -1.26. The number of rotatable bonds is 5. The number of amides is 3. The van der Waals surface area contributed by atoms with E-state index >= 15 is 0 Å². The lowest BCUT2D eigenvalue weighted by molar-refractivity contribution is 0.120. The molecule has 0 saturated heterocycles. The zero-order valence-corrected chi connectivity index (χ0v) is 17.0. The van der Waals surface area contributed by atoms with Crippen LogP contribution >= 0.6 is 46.4 Å². The van der Waals surface area contributed by atoms with Crippen LogP contribution in [0.4, 0.5) is 21.0 Å². The maximum absolute atomic E-state index is 11.9. The minimum absolute atomic E-state index is 0.0992. The molecule has 1 atom stereocenters. The zero-order valence-electron chi connectivity index (χ0n) is 14.0. The third-order valence-electron chi connectivity index (χ3n) is 3.20. The van der Waals surface area contributed by atoms with Gasteiger partial charge in [0.05, 0.1) is 26.6 Å². The number of urea groups is 1. The van der Waals surface area contributed by atoms with E-state index in [9.17, 15) is 9.59 Å². The highest BCUT2D eigenvalue weighted by Crippen LogP contribution is 2.25. The molecule has 0 unspecified atom stereocenters. The van der Waals surface area contributed by atoms with Crippen LogP contribution in [-0.2, 0) is 4.74 Å². The van der Waals surface area contributed by atoms with Gasteiger partial charge in [-0.1, -0.05) is 46.4 Å². The maximum Gasteiger partial charge on any atom is 0.411 e. The van der Waals surface area contributed by atoms with Gasteiger partial charge in [0.2, 0.25) is 0 Å². The average Bonchev–Trinajstić information content (AvgIpc) is 2.59. The molecule has 0 heterocycles. The highest BCUT2D eigenvalue weighted by molar-refractivity contribution is 6.42. The summed E-state index contributed by atoms with van der Waals surface area (Å²) in [5, 5.41) is 9.09. The first-order valence-corrected chi connectivity index (χ1v) is 9.18. The minimum atomic E-state index is -0.687. The smallest absolute Gasteiger partial charge is 0.411 e. The monoisotopic (exact) mass is 449 g/mol. The van der Waals surface area contributed by atoms with Crippen molar-refractivity contribution in [2.75, 3.05) is 17.2 Å². The molecule has 144 valence electrons. The van der Waals surface area contributed by atoms with Gasteiger partial charge in [0, 0.05) is 11.4 Å².